The molecule has 0 saturated heterocycles. The van der Waals surface area contributed by atoms with Gasteiger partial charge in [-0.05, 0) is 70.6 Å². The molecule has 3 atom stereocenters. The molecule has 1 N–H and O–H groups in total. The number of rotatable bonds is 20. The van der Waals surface area contributed by atoms with Crippen molar-refractivity contribution in [1.29, 1.82) is 0 Å². The van der Waals surface area contributed by atoms with Crippen LogP contribution in [0.5, 0.6) is 0 Å². The molecule has 0 spiro atoms. The SMILES string of the molecule is O=C1CCC(N2Cc3c(CC(=O)COCC#CC#CCOCC#CC#CCOCCOCCNC(=O)CN4Cc5ccccc5[C@@H]5OC(c6ccccc6)=N[C@]5(Cc5ccccc5)C4=O)cccc3C2=O)C(=O)C1. The third-order valence-electron chi connectivity index (χ3n) is 12.7. The standard InChI is InChI=1S/C59H54N4O11/c64-47-26-27-52(53(66)37-47)63-40-51-45(23-17-25-50(51)57(63)68)36-48(65)42-73-32-16-4-3-14-30-70-29-13-1-2-15-31-71-34-35-72-33-28-60-54(67)41-62-39-46-22-11-12-24-49(46)55-59(58(62)69,38-43-18-7-5-8-19-43)61-56(74-55)44-20-9-6-10-21-44/h5-12,17-25,52,55H,26-42H2,(H,60,67)/t52?,55-,59-/m0/s1. The number of amides is 3. The molecular formula is C59H54N4O11. The number of fused-ring (bicyclic) bond motifs is 4. The van der Waals surface area contributed by atoms with E-state index < -0.39 is 17.7 Å². The summed E-state index contributed by atoms with van der Waals surface area (Å²) in [6.07, 6.45) is 0.132. The van der Waals surface area contributed by atoms with Gasteiger partial charge in [0.05, 0.1) is 38.8 Å². The van der Waals surface area contributed by atoms with Gasteiger partial charge in [0.1, 0.15) is 38.8 Å². The molecule has 74 heavy (non-hydrogen) atoms. The summed E-state index contributed by atoms with van der Waals surface area (Å²) in [4.78, 5) is 86.2. The van der Waals surface area contributed by atoms with Crippen molar-refractivity contribution >= 4 is 41.0 Å². The number of hydrogen-bond donors (Lipinski definition) is 1. The van der Waals surface area contributed by atoms with Crippen molar-refractivity contribution in [2.45, 2.75) is 62.9 Å². The number of carbonyl (C=O) groups is 6. The molecule has 15 heteroatoms. The molecule has 3 heterocycles. The number of aliphatic imine (C=N–C) groups is 1. The Morgan fingerprint density at radius 1 is 0.730 bits per heavy atom. The summed E-state index contributed by atoms with van der Waals surface area (Å²) < 4.78 is 28.5. The lowest BCUT2D eigenvalue weighted by Crippen LogP contribution is -2.52. The van der Waals surface area contributed by atoms with Crippen LogP contribution in [0, 0.1) is 47.4 Å². The van der Waals surface area contributed by atoms with E-state index in [0.29, 0.717) is 43.1 Å². The molecule has 4 aromatic rings. The normalized spacial score (nSPS) is 18.3. The van der Waals surface area contributed by atoms with Gasteiger partial charge in [-0.3, -0.25) is 28.8 Å². The number of ether oxygens (including phenoxy) is 5. The van der Waals surface area contributed by atoms with Crippen molar-refractivity contribution in [2.75, 3.05) is 65.9 Å². The molecule has 15 nitrogen and oxygen atoms in total. The van der Waals surface area contributed by atoms with Crippen LogP contribution in [-0.2, 0) is 73.6 Å². The van der Waals surface area contributed by atoms with E-state index in [1.54, 1.807) is 23.1 Å². The highest BCUT2D eigenvalue weighted by atomic mass is 16.5. The Morgan fingerprint density at radius 3 is 2.15 bits per heavy atom. The number of benzene rings is 4. The van der Waals surface area contributed by atoms with Crippen LogP contribution in [0.2, 0.25) is 0 Å². The van der Waals surface area contributed by atoms with E-state index in [1.807, 2.05) is 84.9 Å². The smallest absolute Gasteiger partial charge is 0.256 e. The minimum absolute atomic E-state index is 0.00710. The van der Waals surface area contributed by atoms with Gasteiger partial charge >= 0.3 is 0 Å². The summed E-state index contributed by atoms with van der Waals surface area (Å²) in [5.74, 6) is 20.8. The zero-order valence-corrected chi connectivity index (χ0v) is 40.8. The summed E-state index contributed by atoms with van der Waals surface area (Å²) >= 11 is 0. The predicted molar refractivity (Wildman–Crippen MR) is 272 cm³/mol. The second kappa shape index (κ2) is 26.0. The van der Waals surface area contributed by atoms with Crippen LogP contribution < -0.4 is 5.32 Å². The Labute approximate surface area is 430 Å². The lowest BCUT2D eigenvalue weighted by atomic mass is 9.81. The van der Waals surface area contributed by atoms with Crippen molar-refractivity contribution in [2.24, 2.45) is 4.99 Å². The Balaban J connectivity index is 0.671. The molecule has 1 saturated carbocycles. The average molecular weight is 995 g/mol. The molecule has 8 rings (SSSR count). The predicted octanol–water partition coefficient (Wildman–Crippen LogP) is 4.18. The lowest BCUT2D eigenvalue weighted by Gasteiger charge is -2.32. The lowest BCUT2D eigenvalue weighted by molar-refractivity contribution is -0.143. The van der Waals surface area contributed by atoms with Crippen molar-refractivity contribution in [3.8, 4) is 47.4 Å². The van der Waals surface area contributed by atoms with Gasteiger partial charge in [0.2, 0.25) is 11.8 Å². The van der Waals surface area contributed by atoms with E-state index in [0.717, 1.165) is 27.8 Å². The van der Waals surface area contributed by atoms with Gasteiger partial charge in [0.15, 0.2) is 23.2 Å². The van der Waals surface area contributed by atoms with Gasteiger partial charge in [0, 0.05) is 55.6 Å². The molecule has 1 unspecified atom stereocenters. The first-order valence-electron chi connectivity index (χ1n) is 24.4. The summed E-state index contributed by atoms with van der Waals surface area (Å²) in [7, 11) is 0. The average Bonchev–Trinajstić information content (AvgIpc) is 3.95. The highest BCUT2D eigenvalue weighted by Crippen LogP contribution is 2.46. The maximum atomic E-state index is 14.8. The molecule has 376 valence electrons. The van der Waals surface area contributed by atoms with E-state index in [1.165, 1.54) is 4.90 Å². The molecule has 0 radical (unpaired) electrons. The van der Waals surface area contributed by atoms with E-state index in [2.05, 4.69) is 52.7 Å². The Hall–Kier alpha value is -8.15. The zero-order valence-electron chi connectivity index (χ0n) is 40.8. The summed E-state index contributed by atoms with van der Waals surface area (Å²) in [5, 5.41) is 2.87. The van der Waals surface area contributed by atoms with Crippen LogP contribution in [0.3, 0.4) is 0 Å². The van der Waals surface area contributed by atoms with Crippen LogP contribution in [-0.4, -0.2) is 128 Å². The minimum Gasteiger partial charge on any atom is -0.466 e. The highest BCUT2D eigenvalue weighted by molar-refractivity contribution is 6.08. The minimum atomic E-state index is -1.33. The Kier molecular flexibility index (Phi) is 18.3. The third kappa shape index (κ3) is 13.5. The maximum absolute atomic E-state index is 14.8. The third-order valence-corrected chi connectivity index (χ3v) is 12.7. The second-order valence-electron chi connectivity index (χ2n) is 17.8. The number of Topliss-reactive ketones (excluding diaryl/α,β-unsaturated/α-hetero) is 3. The Bertz CT molecular complexity index is 3040. The summed E-state index contributed by atoms with van der Waals surface area (Å²) in [6, 6.07) is 31.7. The first-order chi connectivity index (χ1) is 36.2. The fourth-order valence-corrected chi connectivity index (χ4v) is 9.21. The van der Waals surface area contributed by atoms with E-state index in [-0.39, 0.29) is 120 Å². The summed E-state index contributed by atoms with van der Waals surface area (Å²) in [5.41, 5.74) is 4.05. The fraction of sp³-hybridized carbons (Fsp3) is 0.339. The van der Waals surface area contributed by atoms with Crippen LogP contribution >= 0.6 is 0 Å². The van der Waals surface area contributed by atoms with E-state index in [9.17, 15) is 28.8 Å². The van der Waals surface area contributed by atoms with Crippen LogP contribution in [0.25, 0.3) is 0 Å². The second-order valence-corrected chi connectivity index (χ2v) is 17.8. The van der Waals surface area contributed by atoms with E-state index >= 15 is 0 Å². The van der Waals surface area contributed by atoms with Crippen LogP contribution in [0.15, 0.2) is 108 Å². The highest BCUT2D eigenvalue weighted by Gasteiger charge is 2.57. The van der Waals surface area contributed by atoms with E-state index in [4.69, 9.17) is 28.7 Å². The van der Waals surface area contributed by atoms with Crippen LogP contribution in [0.1, 0.15) is 69.1 Å². The van der Waals surface area contributed by atoms with Crippen molar-refractivity contribution < 1.29 is 52.5 Å². The van der Waals surface area contributed by atoms with Gasteiger partial charge in [0.25, 0.3) is 11.8 Å². The molecule has 1 aliphatic carbocycles. The molecule has 3 amide bonds. The number of nitrogens with one attached hydrogen (secondary N) is 1. The molecule has 4 aromatic carbocycles. The molecule has 1 fully saturated rings. The number of carbonyl (C=O) groups excluding carboxylic acids is 6. The first-order valence-corrected chi connectivity index (χ1v) is 24.4. The van der Waals surface area contributed by atoms with Gasteiger partial charge in [-0.1, -0.05) is 109 Å². The van der Waals surface area contributed by atoms with Gasteiger partial charge in [-0.25, -0.2) is 4.99 Å². The zero-order chi connectivity index (χ0) is 51.5. The number of nitrogens with zero attached hydrogens (tertiary/aromatic N) is 3. The van der Waals surface area contributed by atoms with Gasteiger partial charge < -0.3 is 38.8 Å². The maximum Gasteiger partial charge on any atom is 0.256 e. The quantitative estimate of drug-likeness (QED) is 0.0763. The van der Waals surface area contributed by atoms with Crippen molar-refractivity contribution in [3.05, 3.63) is 142 Å². The first kappa shape index (κ1) is 52.2. The number of ketones is 3. The van der Waals surface area contributed by atoms with Crippen molar-refractivity contribution in [3.63, 3.8) is 0 Å². The number of hydrogen-bond acceptors (Lipinski definition) is 12. The molecule has 3 aliphatic heterocycles. The topological polar surface area (TPSA) is 179 Å². The largest absolute Gasteiger partial charge is 0.466 e. The van der Waals surface area contributed by atoms with Crippen molar-refractivity contribution in [1.82, 2.24) is 15.1 Å². The Morgan fingerprint density at radius 2 is 1.41 bits per heavy atom. The van der Waals surface area contributed by atoms with Gasteiger partial charge in [-0.15, -0.1) is 0 Å². The monoisotopic (exact) mass is 994 g/mol. The fourth-order valence-electron chi connectivity index (χ4n) is 9.21. The van der Waals surface area contributed by atoms with Gasteiger partial charge in [-0.2, -0.15) is 0 Å². The molecule has 4 aliphatic rings. The molecule has 0 aromatic heterocycles. The molecular weight excluding hydrogens is 941 g/mol. The van der Waals surface area contributed by atoms with Crippen LogP contribution in [0.4, 0.5) is 0 Å². The summed E-state index contributed by atoms with van der Waals surface area (Å²) in [6.45, 7) is 1.62. The molecule has 0 bridgehead atoms.